The molecule has 1 aliphatic rings. The van der Waals surface area contributed by atoms with Crippen LogP contribution in [-0.4, -0.2) is 42.5 Å². The monoisotopic (exact) mass is 230 g/mol. The van der Waals surface area contributed by atoms with Gasteiger partial charge in [0, 0.05) is 45.3 Å². The Bertz CT molecular complexity index is 98.3. The topological polar surface area (TPSA) is 6.48 Å². The summed E-state index contributed by atoms with van der Waals surface area (Å²) < 4.78 is 0. The quantitative estimate of drug-likeness (QED) is 0.615. The van der Waals surface area contributed by atoms with Gasteiger partial charge in [0.25, 0.3) is 0 Å². The van der Waals surface area contributed by atoms with E-state index in [2.05, 4.69) is 37.2 Å². The first-order valence-corrected chi connectivity index (χ1v) is 3.98. The maximum Gasteiger partial charge on any atom is 0.00598 e. The van der Waals surface area contributed by atoms with Crippen LogP contribution < -0.4 is 0 Å². The summed E-state index contributed by atoms with van der Waals surface area (Å²) in [4.78, 5) is 4.74. The van der Waals surface area contributed by atoms with Gasteiger partial charge in [-0.1, -0.05) is 0 Å². The van der Waals surface area contributed by atoms with E-state index in [1.807, 2.05) is 0 Å². The molecule has 0 aliphatic carbocycles. The van der Waals surface area contributed by atoms with Crippen molar-refractivity contribution < 1.29 is 32.7 Å². The zero-order valence-corrected chi connectivity index (χ0v) is 10.6. The van der Waals surface area contributed by atoms with E-state index in [0.29, 0.717) is 6.04 Å². The minimum Gasteiger partial charge on any atom is -0.457 e. The van der Waals surface area contributed by atoms with Crippen LogP contribution in [0.3, 0.4) is 0 Å². The summed E-state index contributed by atoms with van der Waals surface area (Å²) in [6.45, 7) is 10.3. The molecule has 0 spiro atoms. The Hall–Kier alpha value is 1.02. The van der Waals surface area contributed by atoms with Gasteiger partial charge in [-0.15, -0.1) is 6.54 Å². The van der Waals surface area contributed by atoms with E-state index in [4.69, 9.17) is 0 Å². The van der Waals surface area contributed by atoms with Gasteiger partial charge in [-0.2, -0.15) is 0 Å². The van der Waals surface area contributed by atoms with E-state index in [1.54, 1.807) is 0 Å². The fraction of sp³-hybridized carbons (Fsp3) is 0.875. The van der Waals surface area contributed by atoms with Gasteiger partial charge in [0.05, 0.1) is 0 Å². The van der Waals surface area contributed by atoms with Crippen LogP contribution in [0.4, 0.5) is 0 Å². The maximum absolute atomic E-state index is 2.47. The van der Waals surface area contributed by atoms with Crippen LogP contribution >= 0.6 is 0 Å². The minimum atomic E-state index is 0. The Labute approximate surface area is 95.2 Å². The molecule has 0 atom stereocenters. The smallest absolute Gasteiger partial charge is 0.00598 e. The molecular weight excluding hydrogens is 213 g/mol. The average Bonchev–Trinajstić information content (AvgIpc) is 1.88. The number of likely N-dealkylation sites (N-methyl/N-ethyl adjacent to an activating group) is 1. The molecular formula is C8H17N2Y-. The van der Waals surface area contributed by atoms with Gasteiger partial charge in [0.2, 0.25) is 0 Å². The third-order valence-electron chi connectivity index (χ3n) is 2.10. The molecule has 1 rings (SSSR count). The predicted octanol–water partition coefficient (Wildman–Crippen LogP) is 0.801. The first-order valence-electron chi connectivity index (χ1n) is 3.98. The van der Waals surface area contributed by atoms with Crippen molar-refractivity contribution in [1.82, 2.24) is 9.80 Å². The van der Waals surface area contributed by atoms with Gasteiger partial charge < -0.3 is 9.80 Å². The Balaban J connectivity index is 0.000001000. The summed E-state index contributed by atoms with van der Waals surface area (Å²) >= 11 is 0. The third kappa shape index (κ3) is 3.98. The van der Waals surface area contributed by atoms with Crippen LogP contribution in [0.15, 0.2) is 0 Å². The molecule has 1 aliphatic heterocycles. The summed E-state index contributed by atoms with van der Waals surface area (Å²) in [6, 6.07) is 0.699. The second-order valence-electron chi connectivity index (χ2n) is 3.25. The summed E-state index contributed by atoms with van der Waals surface area (Å²) in [7, 11) is 2.14. The van der Waals surface area contributed by atoms with E-state index in [9.17, 15) is 0 Å². The van der Waals surface area contributed by atoms with Crippen molar-refractivity contribution in [2.24, 2.45) is 0 Å². The summed E-state index contributed by atoms with van der Waals surface area (Å²) in [6.07, 6.45) is 0. The molecule has 0 saturated carbocycles. The largest absolute Gasteiger partial charge is 0.457 e. The first kappa shape index (κ1) is 12.0. The normalized spacial score (nSPS) is 21.8. The SMILES string of the molecule is CC(C)N1C[CH-]N(C)CC1.[Y]. The zero-order chi connectivity index (χ0) is 7.56. The van der Waals surface area contributed by atoms with Gasteiger partial charge in [-0.25, -0.2) is 0 Å². The van der Waals surface area contributed by atoms with Gasteiger partial charge >= 0.3 is 0 Å². The molecule has 3 heteroatoms. The Kier molecular flexibility index (Phi) is 6.16. The molecule has 0 aromatic carbocycles. The van der Waals surface area contributed by atoms with Crippen LogP contribution in [0.5, 0.6) is 0 Å². The van der Waals surface area contributed by atoms with E-state index in [0.717, 1.165) is 6.54 Å². The second kappa shape index (κ2) is 5.63. The Morgan fingerprint density at radius 1 is 1.27 bits per heavy atom. The van der Waals surface area contributed by atoms with Crippen molar-refractivity contribution in [3.05, 3.63) is 6.54 Å². The van der Waals surface area contributed by atoms with Crippen molar-refractivity contribution >= 4 is 0 Å². The van der Waals surface area contributed by atoms with Gasteiger partial charge in [-0.05, 0) is 27.4 Å². The minimum absolute atomic E-state index is 0. The first-order chi connectivity index (χ1) is 4.70. The van der Waals surface area contributed by atoms with Crippen molar-refractivity contribution in [3.63, 3.8) is 0 Å². The van der Waals surface area contributed by atoms with Crippen LogP contribution in [0.1, 0.15) is 13.8 Å². The molecule has 63 valence electrons. The van der Waals surface area contributed by atoms with Gasteiger partial charge in [0.1, 0.15) is 0 Å². The van der Waals surface area contributed by atoms with Gasteiger partial charge in [0.15, 0.2) is 0 Å². The molecule has 1 radical (unpaired) electrons. The molecule has 1 saturated heterocycles. The second-order valence-corrected chi connectivity index (χ2v) is 3.25. The molecule has 0 amide bonds. The number of rotatable bonds is 1. The summed E-state index contributed by atoms with van der Waals surface area (Å²) in [5.74, 6) is 0. The fourth-order valence-electron chi connectivity index (χ4n) is 1.18. The molecule has 0 aromatic heterocycles. The molecule has 0 unspecified atom stereocenters. The molecule has 0 aromatic rings. The maximum atomic E-state index is 2.47. The van der Waals surface area contributed by atoms with Crippen LogP contribution in [0, 0.1) is 6.54 Å². The zero-order valence-electron chi connectivity index (χ0n) is 7.75. The number of nitrogens with zero attached hydrogens (tertiary/aromatic N) is 2. The van der Waals surface area contributed by atoms with Crippen molar-refractivity contribution in [3.8, 4) is 0 Å². The van der Waals surface area contributed by atoms with E-state index in [1.165, 1.54) is 13.1 Å². The molecule has 1 heterocycles. The van der Waals surface area contributed by atoms with Crippen molar-refractivity contribution in [2.75, 3.05) is 26.7 Å². The number of piperazine rings is 1. The molecule has 0 bridgehead atoms. The van der Waals surface area contributed by atoms with Crippen molar-refractivity contribution in [1.29, 1.82) is 0 Å². The molecule has 2 nitrogen and oxygen atoms in total. The number of hydrogen-bond donors (Lipinski definition) is 0. The Morgan fingerprint density at radius 2 is 1.91 bits per heavy atom. The van der Waals surface area contributed by atoms with E-state index < -0.39 is 0 Å². The van der Waals surface area contributed by atoms with Crippen LogP contribution in [-0.2, 0) is 32.7 Å². The van der Waals surface area contributed by atoms with Crippen LogP contribution in [0.25, 0.3) is 0 Å². The Morgan fingerprint density at radius 3 is 2.27 bits per heavy atom. The predicted molar refractivity (Wildman–Crippen MR) is 43.6 cm³/mol. The molecule has 0 N–H and O–H groups in total. The van der Waals surface area contributed by atoms with E-state index >= 15 is 0 Å². The fourth-order valence-corrected chi connectivity index (χ4v) is 1.18. The van der Waals surface area contributed by atoms with Crippen molar-refractivity contribution in [2.45, 2.75) is 19.9 Å². The standard InChI is InChI=1S/C8H17N2.Y/c1-8(2)10-6-4-9(3)5-7-10;/h4,8H,5-7H2,1-3H3;/q-1;. The molecule has 11 heavy (non-hydrogen) atoms. The number of hydrogen-bond acceptors (Lipinski definition) is 2. The third-order valence-corrected chi connectivity index (χ3v) is 2.10. The molecule has 1 fully saturated rings. The van der Waals surface area contributed by atoms with E-state index in [-0.39, 0.29) is 32.7 Å². The summed E-state index contributed by atoms with van der Waals surface area (Å²) in [5, 5.41) is 0. The van der Waals surface area contributed by atoms with Crippen LogP contribution in [0.2, 0.25) is 0 Å². The summed E-state index contributed by atoms with van der Waals surface area (Å²) in [5.41, 5.74) is 0. The van der Waals surface area contributed by atoms with Gasteiger partial charge in [-0.3, -0.25) is 6.54 Å². The average molecular weight is 230 g/mol.